The Morgan fingerprint density at radius 1 is 1.12 bits per heavy atom. The zero-order valence-corrected chi connectivity index (χ0v) is 18.2. The molecule has 0 aromatic heterocycles. The Kier molecular flexibility index (Phi) is 6.66. The molecule has 0 unspecified atom stereocenters. The van der Waals surface area contributed by atoms with Crippen molar-refractivity contribution in [3.05, 3.63) is 53.1 Å². The van der Waals surface area contributed by atoms with Crippen molar-refractivity contribution >= 4 is 34.8 Å². The van der Waals surface area contributed by atoms with Crippen LogP contribution in [0.3, 0.4) is 0 Å². The predicted octanol–water partition coefficient (Wildman–Crippen LogP) is 3.42. The summed E-state index contributed by atoms with van der Waals surface area (Å²) in [5.74, 6) is -0.343. The summed E-state index contributed by atoms with van der Waals surface area (Å²) >= 11 is 5.99. The van der Waals surface area contributed by atoms with Crippen LogP contribution in [0.1, 0.15) is 5.56 Å². The van der Waals surface area contributed by atoms with Crippen LogP contribution < -0.4 is 15.0 Å². The number of hydrogen-bond donors (Lipinski definition) is 1. The van der Waals surface area contributed by atoms with E-state index in [0.29, 0.717) is 37.7 Å². The first kappa shape index (κ1) is 23.2. The van der Waals surface area contributed by atoms with Crippen molar-refractivity contribution < 1.29 is 32.2 Å². The van der Waals surface area contributed by atoms with Crippen LogP contribution in [0.25, 0.3) is 0 Å². The van der Waals surface area contributed by atoms with Gasteiger partial charge in [0.15, 0.2) is 6.10 Å². The number of alkyl halides is 3. The number of morpholine rings is 1. The molecule has 176 valence electrons. The summed E-state index contributed by atoms with van der Waals surface area (Å²) < 4.78 is 50.3. The van der Waals surface area contributed by atoms with Crippen molar-refractivity contribution in [2.24, 2.45) is 0 Å². The largest absolute Gasteiger partial charge is 0.477 e. The molecule has 1 N–H and O–H groups in total. The molecule has 11 heteroatoms. The van der Waals surface area contributed by atoms with Crippen LogP contribution in [0.15, 0.2) is 42.5 Å². The first-order chi connectivity index (χ1) is 15.7. The lowest BCUT2D eigenvalue weighted by atomic mass is 10.1. The van der Waals surface area contributed by atoms with E-state index in [1.807, 2.05) is 0 Å². The van der Waals surface area contributed by atoms with Gasteiger partial charge in [-0.25, -0.2) is 0 Å². The van der Waals surface area contributed by atoms with Gasteiger partial charge in [-0.1, -0.05) is 23.7 Å². The van der Waals surface area contributed by atoms with Crippen molar-refractivity contribution in [1.29, 1.82) is 0 Å². The lowest BCUT2D eigenvalue weighted by Gasteiger charge is -2.38. The molecule has 2 aliphatic heterocycles. The van der Waals surface area contributed by atoms with Gasteiger partial charge in [-0.3, -0.25) is 9.59 Å². The molecule has 2 heterocycles. The summed E-state index contributed by atoms with van der Waals surface area (Å²) in [5.41, 5.74) is -0.456. The SMILES string of the molecule is O=C(CN1C[C@@H](C(=O)N2CCOCC2)Oc2ccccc21)Nc1cc(C(F)(F)F)ccc1Cl. The van der Waals surface area contributed by atoms with E-state index in [4.69, 9.17) is 21.1 Å². The van der Waals surface area contributed by atoms with E-state index in [0.717, 1.165) is 18.2 Å². The number of halogens is 4. The second-order valence-corrected chi connectivity index (χ2v) is 8.04. The normalized spacial score (nSPS) is 18.4. The van der Waals surface area contributed by atoms with Crippen molar-refractivity contribution in [3.8, 4) is 5.75 Å². The first-order valence-corrected chi connectivity index (χ1v) is 10.6. The summed E-state index contributed by atoms with van der Waals surface area (Å²) in [4.78, 5) is 29.0. The summed E-state index contributed by atoms with van der Waals surface area (Å²) in [6.45, 7) is 1.69. The van der Waals surface area contributed by atoms with E-state index < -0.39 is 23.8 Å². The van der Waals surface area contributed by atoms with E-state index in [2.05, 4.69) is 5.32 Å². The molecular weight excluding hydrogens is 463 g/mol. The topological polar surface area (TPSA) is 71.1 Å². The number of rotatable bonds is 4. The fourth-order valence-electron chi connectivity index (χ4n) is 3.73. The number of nitrogens with one attached hydrogen (secondary N) is 1. The summed E-state index contributed by atoms with van der Waals surface area (Å²) in [7, 11) is 0. The van der Waals surface area contributed by atoms with Crippen LogP contribution in [-0.2, 0) is 20.5 Å². The minimum atomic E-state index is -4.57. The number of anilines is 2. The Hall–Kier alpha value is -2.98. The van der Waals surface area contributed by atoms with Crippen LogP contribution >= 0.6 is 11.6 Å². The van der Waals surface area contributed by atoms with Gasteiger partial charge in [0.1, 0.15) is 5.75 Å². The van der Waals surface area contributed by atoms with Gasteiger partial charge in [0.25, 0.3) is 5.91 Å². The number of amides is 2. The predicted molar refractivity (Wildman–Crippen MR) is 116 cm³/mol. The van der Waals surface area contributed by atoms with Gasteiger partial charge in [0.2, 0.25) is 5.91 Å². The van der Waals surface area contributed by atoms with Gasteiger partial charge in [-0.2, -0.15) is 13.2 Å². The van der Waals surface area contributed by atoms with Crippen LogP contribution in [0.4, 0.5) is 24.5 Å². The summed E-state index contributed by atoms with van der Waals surface area (Å²) in [6.07, 6.45) is -5.40. The fraction of sp³-hybridized carbons (Fsp3) is 0.364. The molecule has 0 saturated carbocycles. The Balaban J connectivity index is 1.50. The Labute approximate surface area is 193 Å². The number of hydrogen-bond acceptors (Lipinski definition) is 5. The van der Waals surface area contributed by atoms with E-state index in [9.17, 15) is 22.8 Å². The quantitative estimate of drug-likeness (QED) is 0.721. The molecule has 33 heavy (non-hydrogen) atoms. The number of carbonyl (C=O) groups excluding carboxylic acids is 2. The fourth-order valence-corrected chi connectivity index (χ4v) is 3.90. The van der Waals surface area contributed by atoms with Gasteiger partial charge in [-0.15, -0.1) is 0 Å². The van der Waals surface area contributed by atoms with Crippen LogP contribution in [0.5, 0.6) is 5.75 Å². The molecule has 1 saturated heterocycles. The molecule has 2 amide bonds. The second-order valence-electron chi connectivity index (χ2n) is 7.63. The lowest BCUT2D eigenvalue weighted by molar-refractivity contribution is -0.142. The number of para-hydroxylation sites is 2. The van der Waals surface area contributed by atoms with Crippen molar-refractivity contribution in [2.45, 2.75) is 12.3 Å². The molecule has 0 spiro atoms. The van der Waals surface area contributed by atoms with Crippen LogP contribution in [0, 0.1) is 0 Å². The standard InChI is InChI=1S/C22H21ClF3N3O4/c23-15-6-5-14(22(24,25)26)11-16(15)27-20(30)13-29-12-19(21(31)28-7-9-32-10-8-28)33-18-4-2-1-3-17(18)29/h1-6,11,19H,7-10,12-13H2,(H,27,30)/t19-/m0/s1. The van der Waals surface area contributed by atoms with Crippen LogP contribution in [-0.4, -0.2) is 62.2 Å². The number of carbonyl (C=O) groups is 2. The average molecular weight is 484 g/mol. The minimum Gasteiger partial charge on any atom is -0.477 e. The third-order valence-electron chi connectivity index (χ3n) is 5.36. The molecule has 0 aliphatic carbocycles. The molecule has 1 fully saturated rings. The maximum absolute atomic E-state index is 13.0. The lowest BCUT2D eigenvalue weighted by Crippen LogP contribution is -2.53. The van der Waals surface area contributed by atoms with Crippen LogP contribution in [0.2, 0.25) is 5.02 Å². The van der Waals surface area contributed by atoms with Crippen molar-refractivity contribution in [1.82, 2.24) is 4.90 Å². The molecule has 2 aromatic rings. The number of fused-ring (bicyclic) bond motifs is 1. The van der Waals surface area contributed by atoms with E-state index in [1.54, 1.807) is 34.1 Å². The number of ether oxygens (including phenoxy) is 2. The van der Waals surface area contributed by atoms with Gasteiger partial charge in [0.05, 0.1) is 48.3 Å². The molecule has 0 bridgehead atoms. The Bertz CT molecular complexity index is 1040. The maximum atomic E-state index is 13.0. The summed E-state index contributed by atoms with van der Waals surface area (Å²) in [5, 5.41) is 2.43. The molecule has 2 aromatic carbocycles. The maximum Gasteiger partial charge on any atom is 0.416 e. The highest BCUT2D eigenvalue weighted by Gasteiger charge is 2.35. The monoisotopic (exact) mass is 483 g/mol. The number of benzene rings is 2. The second kappa shape index (κ2) is 9.48. The third kappa shape index (κ3) is 5.33. The molecule has 7 nitrogen and oxygen atoms in total. The van der Waals surface area contributed by atoms with Crippen molar-refractivity contribution in [2.75, 3.05) is 49.6 Å². The zero-order valence-electron chi connectivity index (χ0n) is 17.4. The molecule has 0 radical (unpaired) electrons. The number of nitrogens with zero attached hydrogens (tertiary/aromatic N) is 2. The van der Waals surface area contributed by atoms with E-state index >= 15 is 0 Å². The first-order valence-electron chi connectivity index (χ1n) is 10.3. The molecule has 1 atom stereocenters. The highest BCUT2D eigenvalue weighted by Crippen LogP contribution is 2.35. The van der Waals surface area contributed by atoms with Gasteiger partial charge >= 0.3 is 6.18 Å². The zero-order chi connectivity index (χ0) is 23.6. The van der Waals surface area contributed by atoms with Crippen molar-refractivity contribution in [3.63, 3.8) is 0 Å². The molecule has 4 rings (SSSR count). The average Bonchev–Trinajstić information content (AvgIpc) is 2.79. The molecule has 2 aliphatic rings. The van der Waals surface area contributed by atoms with Gasteiger partial charge < -0.3 is 24.6 Å². The smallest absolute Gasteiger partial charge is 0.416 e. The van der Waals surface area contributed by atoms with Gasteiger partial charge in [0, 0.05) is 13.1 Å². The van der Waals surface area contributed by atoms with E-state index in [1.165, 1.54) is 0 Å². The third-order valence-corrected chi connectivity index (χ3v) is 5.69. The van der Waals surface area contributed by atoms with Gasteiger partial charge in [-0.05, 0) is 30.3 Å². The minimum absolute atomic E-state index is 0.0147. The van der Waals surface area contributed by atoms with E-state index in [-0.39, 0.29) is 29.7 Å². The molecular formula is C22H21ClF3N3O4. The summed E-state index contributed by atoms with van der Waals surface area (Å²) in [6, 6.07) is 9.68. The highest BCUT2D eigenvalue weighted by molar-refractivity contribution is 6.33. The highest BCUT2D eigenvalue weighted by atomic mass is 35.5. The Morgan fingerprint density at radius 2 is 1.85 bits per heavy atom. The Morgan fingerprint density at radius 3 is 2.58 bits per heavy atom.